The van der Waals surface area contributed by atoms with Gasteiger partial charge in [-0.05, 0) is 24.3 Å². The number of anilines is 1. The summed E-state index contributed by atoms with van der Waals surface area (Å²) in [5, 5.41) is -0.326. The van der Waals surface area contributed by atoms with Crippen molar-refractivity contribution < 1.29 is 27.4 Å². The summed E-state index contributed by atoms with van der Waals surface area (Å²) < 4.78 is 55.3. The molecule has 0 fully saturated rings. The Morgan fingerprint density at radius 3 is 2.46 bits per heavy atom. The first kappa shape index (κ1) is 15.3. The predicted molar refractivity (Wildman–Crippen MR) is 80.7 cm³/mol. The van der Waals surface area contributed by atoms with E-state index in [4.69, 9.17) is 25.8 Å². The van der Waals surface area contributed by atoms with E-state index < -0.39 is 11.7 Å². The summed E-state index contributed by atoms with van der Waals surface area (Å²) in [7, 11) is 0. The van der Waals surface area contributed by atoms with E-state index in [2.05, 4.69) is 0 Å². The van der Waals surface area contributed by atoms with Crippen molar-refractivity contribution in [3.05, 3.63) is 46.5 Å². The Hall–Kier alpha value is -2.28. The molecule has 0 saturated carbocycles. The number of nitrogens with zero attached hydrogens (tertiary/aromatic N) is 1. The van der Waals surface area contributed by atoms with Crippen LogP contribution in [0.15, 0.2) is 30.3 Å². The van der Waals surface area contributed by atoms with Gasteiger partial charge in [0.2, 0.25) is 6.79 Å². The van der Waals surface area contributed by atoms with Gasteiger partial charge in [-0.1, -0.05) is 11.6 Å². The van der Waals surface area contributed by atoms with Gasteiger partial charge in [-0.15, -0.1) is 0 Å². The maximum Gasteiger partial charge on any atom is 0.417 e. The highest BCUT2D eigenvalue weighted by Gasteiger charge is 2.34. The number of alkyl halides is 3. The third-order valence-electron chi connectivity index (χ3n) is 3.91. The molecule has 2 heterocycles. The summed E-state index contributed by atoms with van der Waals surface area (Å²) in [6.07, 6.45) is -4.51. The summed E-state index contributed by atoms with van der Waals surface area (Å²) in [4.78, 5) is 1.69. The Bertz CT molecular complexity index is 810. The molecule has 0 unspecified atom stereocenters. The summed E-state index contributed by atoms with van der Waals surface area (Å²) in [6.45, 7) is 0.671. The number of halogens is 4. The number of hydrogen-bond donors (Lipinski definition) is 0. The molecule has 0 amide bonds. The van der Waals surface area contributed by atoms with Gasteiger partial charge >= 0.3 is 6.18 Å². The fourth-order valence-corrected chi connectivity index (χ4v) is 2.94. The SMILES string of the molecule is FC(F)(F)c1cc(N2COc3cc4c(cc3C2)OCO4)ccc1Cl. The normalized spacial score (nSPS) is 15.9. The molecule has 0 aliphatic carbocycles. The lowest BCUT2D eigenvalue weighted by molar-refractivity contribution is -0.137. The molecule has 2 aliphatic heterocycles. The first-order valence-corrected chi connectivity index (χ1v) is 7.46. The second-order valence-corrected chi connectivity index (χ2v) is 5.85. The van der Waals surface area contributed by atoms with Gasteiger partial charge in [0.05, 0.1) is 10.6 Å². The van der Waals surface area contributed by atoms with Crippen LogP contribution in [0.25, 0.3) is 0 Å². The molecule has 0 spiro atoms. The van der Waals surface area contributed by atoms with E-state index in [1.54, 1.807) is 23.1 Å². The van der Waals surface area contributed by atoms with Crippen LogP contribution in [-0.4, -0.2) is 13.5 Å². The molecule has 8 heteroatoms. The Kier molecular flexibility index (Phi) is 3.42. The van der Waals surface area contributed by atoms with Crippen LogP contribution in [0, 0.1) is 0 Å². The molecule has 24 heavy (non-hydrogen) atoms. The zero-order valence-corrected chi connectivity index (χ0v) is 12.9. The highest BCUT2D eigenvalue weighted by atomic mass is 35.5. The summed E-state index contributed by atoms with van der Waals surface area (Å²) in [6, 6.07) is 7.33. The van der Waals surface area contributed by atoms with Crippen molar-refractivity contribution in [2.45, 2.75) is 12.7 Å². The minimum atomic E-state index is -4.51. The van der Waals surface area contributed by atoms with E-state index in [1.807, 2.05) is 0 Å². The zero-order valence-electron chi connectivity index (χ0n) is 12.2. The lowest BCUT2D eigenvalue weighted by Crippen LogP contribution is -2.32. The van der Waals surface area contributed by atoms with Crippen LogP contribution in [-0.2, 0) is 12.7 Å². The van der Waals surface area contributed by atoms with E-state index in [-0.39, 0.29) is 18.5 Å². The van der Waals surface area contributed by atoms with Gasteiger partial charge < -0.3 is 19.1 Å². The van der Waals surface area contributed by atoms with Gasteiger partial charge in [0, 0.05) is 23.9 Å². The largest absolute Gasteiger partial charge is 0.473 e. The third-order valence-corrected chi connectivity index (χ3v) is 4.24. The van der Waals surface area contributed by atoms with Crippen molar-refractivity contribution in [1.82, 2.24) is 0 Å². The molecule has 0 atom stereocenters. The summed E-state index contributed by atoms with van der Waals surface area (Å²) >= 11 is 5.66. The fraction of sp³-hybridized carbons (Fsp3) is 0.250. The van der Waals surface area contributed by atoms with Crippen molar-refractivity contribution >= 4 is 17.3 Å². The molecule has 0 bridgehead atoms. The van der Waals surface area contributed by atoms with E-state index in [0.717, 1.165) is 11.6 Å². The molecular formula is C16H11ClF3NO3. The maximum atomic E-state index is 13.0. The van der Waals surface area contributed by atoms with Crippen molar-refractivity contribution in [1.29, 1.82) is 0 Å². The van der Waals surface area contributed by atoms with Crippen LogP contribution in [0.4, 0.5) is 18.9 Å². The number of hydrogen-bond acceptors (Lipinski definition) is 4. The Morgan fingerprint density at radius 2 is 1.71 bits per heavy atom. The van der Waals surface area contributed by atoms with Crippen LogP contribution >= 0.6 is 11.6 Å². The molecule has 0 saturated heterocycles. The molecule has 2 aliphatic rings. The molecule has 0 aromatic heterocycles. The topological polar surface area (TPSA) is 30.9 Å². The average molecular weight is 358 g/mol. The molecule has 0 N–H and O–H groups in total. The number of rotatable bonds is 1. The zero-order chi connectivity index (χ0) is 16.9. The lowest BCUT2D eigenvalue weighted by Gasteiger charge is -2.31. The number of ether oxygens (including phenoxy) is 3. The second kappa shape index (κ2) is 5.37. The van der Waals surface area contributed by atoms with Gasteiger partial charge in [-0.25, -0.2) is 0 Å². The van der Waals surface area contributed by atoms with Crippen LogP contribution in [0.5, 0.6) is 17.2 Å². The van der Waals surface area contributed by atoms with Gasteiger partial charge in [0.1, 0.15) is 5.75 Å². The molecule has 4 rings (SSSR count). The number of benzene rings is 2. The van der Waals surface area contributed by atoms with E-state index >= 15 is 0 Å². The molecule has 2 aromatic rings. The molecule has 126 valence electrons. The quantitative estimate of drug-likeness (QED) is 0.755. The van der Waals surface area contributed by atoms with Gasteiger partial charge in [-0.3, -0.25) is 0 Å². The smallest absolute Gasteiger partial charge is 0.417 e. The summed E-state index contributed by atoms with van der Waals surface area (Å²) in [5.74, 6) is 1.85. The Balaban J connectivity index is 1.65. The van der Waals surface area contributed by atoms with E-state index in [9.17, 15) is 13.2 Å². The van der Waals surface area contributed by atoms with Gasteiger partial charge in [0.15, 0.2) is 18.2 Å². The molecule has 4 nitrogen and oxygen atoms in total. The first-order chi connectivity index (χ1) is 11.4. The van der Waals surface area contributed by atoms with Crippen molar-refractivity contribution in [3.63, 3.8) is 0 Å². The van der Waals surface area contributed by atoms with Crippen LogP contribution in [0.2, 0.25) is 5.02 Å². The fourth-order valence-electron chi connectivity index (χ4n) is 2.72. The monoisotopic (exact) mass is 357 g/mol. The minimum absolute atomic E-state index is 0.131. The highest BCUT2D eigenvalue weighted by Crippen LogP contribution is 2.42. The maximum absolute atomic E-state index is 13.0. The molecular weight excluding hydrogens is 347 g/mol. The highest BCUT2D eigenvalue weighted by molar-refractivity contribution is 6.31. The van der Waals surface area contributed by atoms with Gasteiger partial charge in [0.25, 0.3) is 0 Å². The van der Waals surface area contributed by atoms with Crippen LogP contribution in [0.3, 0.4) is 0 Å². The van der Waals surface area contributed by atoms with Crippen LogP contribution in [0.1, 0.15) is 11.1 Å². The summed E-state index contributed by atoms with van der Waals surface area (Å²) in [5.41, 5.74) is 0.335. The first-order valence-electron chi connectivity index (χ1n) is 7.09. The Morgan fingerprint density at radius 1 is 0.958 bits per heavy atom. The standard InChI is InChI=1S/C16H11ClF3NO3/c17-12-2-1-10(4-11(12)16(18,19)20)21-6-9-3-14-15(24-8-23-14)5-13(9)22-7-21/h1-5H,6-8H2. The predicted octanol–water partition coefficient (Wildman–Crippen LogP) is 4.44. The minimum Gasteiger partial charge on any atom is -0.473 e. The van der Waals surface area contributed by atoms with E-state index in [1.165, 1.54) is 6.07 Å². The third kappa shape index (κ3) is 2.58. The Labute approximate surface area is 140 Å². The van der Waals surface area contributed by atoms with Gasteiger partial charge in [-0.2, -0.15) is 13.2 Å². The second-order valence-electron chi connectivity index (χ2n) is 5.45. The number of fused-ring (bicyclic) bond motifs is 2. The average Bonchev–Trinajstić information content (AvgIpc) is 2.98. The van der Waals surface area contributed by atoms with Crippen molar-refractivity contribution in [2.24, 2.45) is 0 Å². The van der Waals surface area contributed by atoms with Crippen molar-refractivity contribution in [3.8, 4) is 17.2 Å². The molecule has 2 aromatic carbocycles. The molecule has 0 radical (unpaired) electrons. The lowest BCUT2D eigenvalue weighted by atomic mass is 10.1. The van der Waals surface area contributed by atoms with Crippen molar-refractivity contribution in [2.75, 3.05) is 18.4 Å². The van der Waals surface area contributed by atoms with E-state index in [0.29, 0.717) is 29.5 Å². The van der Waals surface area contributed by atoms with Crippen LogP contribution < -0.4 is 19.1 Å².